The smallest absolute Gasteiger partial charge is 0.0937 e. The van der Waals surface area contributed by atoms with Crippen molar-refractivity contribution < 1.29 is 4.74 Å². The summed E-state index contributed by atoms with van der Waals surface area (Å²) in [5.74, 6) is 0. The third kappa shape index (κ3) is 4.32. The zero-order valence-corrected chi connectivity index (χ0v) is 6.92. The van der Waals surface area contributed by atoms with Crippen LogP contribution < -0.4 is 5.43 Å². The van der Waals surface area contributed by atoms with Crippen LogP contribution in [0.4, 0.5) is 0 Å². The molecule has 0 heterocycles. The van der Waals surface area contributed by atoms with Gasteiger partial charge in [0.05, 0.1) is 12.3 Å². The summed E-state index contributed by atoms with van der Waals surface area (Å²) in [5, 5.41) is 3.93. The predicted molar refractivity (Wildman–Crippen MR) is 43.3 cm³/mol. The Morgan fingerprint density at radius 3 is 2.70 bits per heavy atom. The van der Waals surface area contributed by atoms with Crippen LogP contribution in [-0.2, 0) is 4.74 Å². The van der Waals surface area contributed by atoms with Gasteiger partial charge in [0.2, 0.25) is 0 Å². The molecule has 0 aliphatic carbocycles. The summed E-state index contributed by atoms with van der Waals surface area (Å²) in [6.45, 7) is 4.92. The second-order valence-electron chi connectivity index (χ2n) is 1.97. The van der Waals surface area contributed by atoms with Gasteiger partial charge in [-0.15, -0.1) is 0 Å². The standard InChI is InChI=1S/C7H16N2O/c1-4-7(10-3)6-9-8-5-2/h6-8H,4-5H2,1-3H3. The zero-order chi connectivity index (χ0) is 7.82. The fourth-order valence-electron chi connectivity index (χ4n) is 0.560. The average molecular weight is 144 g/mol. The van der Waals surface area contributed by atoms with Crippen LogP contribution in [-0.4, -0.2) is 26.0 Å². The Balaban J connectivity index is 3.40. The van der Waals surface area contributed by atoms with Crippen molar-refractivity contribution in [3.63, 3.8) is 0 Å². The molecule has 1 unspecified atom stereocenters. The second-order valence-corrected chi connectivity index (χ2v) is 1.97. The van der Waals surface area contributed by atoms with E-state index in [9.17, 15) is 0 Å². The Morgan fingerprint density at radius 2 is 2.30 bits per heavy atom. The summed E-state index contributed by atoms with van der Waals surface area (Å²) in [4.78, 5) is 0. The van der Waals surface area contributed by atoms with Crippen LogP contribution in [0.2, 0.25) is 0 Å². The number of hydrogen-bond donors (Lipinski definition) is 1. The van der Waals surface area contributed by atoms with E-state index in [0.717, 1.165) is 13.0 Å². The van der Waals surface area contributed by atoms with E-state index in [1.807, 2.05) is 6.92 Å². The van der Waals surface area contributed by atoms with Gasteiger partial charge in [0, 0.05) is 13.7 Å². The normalized spacial score (nSPS) is 13.9. The lowest BCUT2D eigenvalue weighted by molar-refractivity contribution is 0.156. The van der Waals surface area contributed by atoms with Gasteiger partial charge in [0.15, 0.2) is 0 Å². The number of hydrazone groups is 1. The van der Waals surface area contributed by atoms with Crippen LogP contribution in [0.3, 0.4) is 0 Å². The number of hydrogen-bond acceptors (Lipinski definition) is 3. The molecular weight excluding hydrogens is 128 g/mol. The van der Waals surface area contributed by atoms with Crippen LogP contribution in [0.1, 0.15) is 20.3 Å². The van der Waals surface area contributed by atoms with Crippen molar-refractivity contribution in [2.24, 2.45) is 5.10 Å². The van der Waals surface area contributed by atoms with Crippen molar-refractivity contribution in [1.29, 1.82) is 0 Å². The lowest BCUT2D eigenvalue weighted by Gasteiger charge is -2.04. The predicted octanol–water partition coefficient (Wildman–Crippen LogP) is 1.01. The van der Waals surface area contributed by atoms with Gasteiger partial charge < -0.3 is 10.2 Å². The molecule has 0 radical (unpaired) electrons. The summed E-state index contributed by atoms with van der Waals surface area (Å²) < 4.78 is 5.06. The molecule has 3 nitrogen and oxygen atoms in total. The van der Waals surface area contributed by atoms with Crippen LogP contribution in [0.15, 0.2) is 5.10 Å². The van der Waals surface area contributed by atoms with Gasteiger partial charge in [-0.3, -0.25) is 0 Å². The van der Waals surface area contributed by atoms with E-state index in [4.69, 9.17) is 4.74 Å². The Labute approximate surface area is 62.5 Å². The topological polar surface area (TPSA) is 33.6 Å². The first-order valence-electron chi connectivity index (χ1n) is 3.64. The van der Waals surface area contributed by atoms with Crippen LogP contribution >= 0.6 is 0 Å². The van der Waals surface area contributed by atoms with Gasteiger partial charge in [0.25, 0.3) is 0 Å². The van der Waals surface area contributed by atoms with Crippen molar-refractivity contribution in [3.05, 3.63) is 0 Å². The number of rotatable bonds is 5. The van der Waals surface area contributed by atoms with Crippen molar-refractivity contribution in [1.82, 2.24) is 5.43 Å². The molecule has 0 bridgehead atoms. The number of methoxy groups -OCH3 is 1. The Kier molecular flexibility index (Phi) is 6.18. The van der Waals surface area contributed by atoms with Gasteiger partial charge in [0.1, 0.15) is 0 Å². The van der Waals surface area contributed by atoms with Gasteiger partial charge in [-0.2, -0.15) is 5.10 Å². The van der Waals surface area contributed by atoms with Gasteiger partial charge in [-0.05, 0) is 13.3 Å². The van der Waals surface area contributed by atoms with E-state index >= 15 is 0 Å². The maximum Gasteiger partial charge on any atom is 0.0937 e. The third-order valence-corrected chi connectivity index (χ3v) is 1.20. The van der Waals surface area contributed by atoms with Crippen LogP contribution in [0.5, 0.6) is 0 Å². The van der Waals surface area contributed by atoms with Crippen LogP contribution in [0.25, 0.3) is 0 Å². The molecule has 3 heteroatoms. The van der Waals surface area contributed by atoms with Gasteiger partial charge in [-0.1, -0.05) is 6.92 Å². The summed E-state index contributed by atoms with van der Waals surface area (Å²) in [7, 11) is 1.69. The van der Waals surface area contributed by atoms with E-state index in [2.05, 4.69) is 17.5 Å². The quantitative estimate of drug-likeness (QED) is 0.461. The molecule has 1 atom stereocenters. The fourth-order valence-corrected chi connectivity index (χ4v) is 0.560. The summed E-state index contributed by atoms with van der Waals surface area (Å²) in [6.07, 6.45) is 2.90. The van der Waals surface area contributed by atoms with E-state index in [-0.39, 0.29) is 6.10 Å². The van der Waals surface area contributed by atoms with E-state index in [0.29, 0.717) is 0 Å². The Morgan fingerprint density at radius 1 is 1.60 bits per heavy atom. The minimum atomic E-state index is 0.152. The molecule has 0 fully saturated rings. The van der Waals surface area contributed by atoms with Crippen molar-refractivity contribution in [2.45, 2.75) is 26.4 Å². The summed E-state index contributed by atoms with van der Waals surface area (Å²) >= 11 is 0. The molecule has 0 aromatic heterocycles. The lowest BCUT2D eigenvalue weighted by atomic mass is 10.3. The average Bonchev–Trinajstić information content (AvgIpc) is 1.99. The van der Waals surface area contributed by atoms with Crippen molar-refractivity contribution in [2.75, 3.05) is 13.7 Å². The summed E-state index contributed by atoms with van der Waals surface area (Å²) in [6, 6.07) is 0. The highest BCUT2D eigenvalue weighted by Crippen LogP contribution is 1.90. The molecule has 0 amide bonds. The molecule has 60 valence electrons. The maximum atomic E-state index is 5.06. The number of nitrogens with zero attached hydrogens (tertiary/aromatic N) is 1. The highest BCUT2D eigenvalue weighted by atomic mass is 16.5. The minimum absolute atomic E-state index is 0.152. The molecule has 0 aliphatic heterocycles. The molecule has 0 saturated heterocycles. The molecular formula is C7H16N2O. The SMILES string of the molecule is CCNN=CC(CC)OC. The lowest BCUT2D eigenvalue weighted by Crippen LogP contribution is -2.13. The highest BCUT2D eigenvalue weighted by molar-refractivity contribution is 5.62. The molecule has 0 rings (SSSR count). The first-order chi connectivity index (χ1) is 4.85. The molecule has 10 heavy (non-hydrogen) atoms. The number of nitrogens with one attached hydrogen (secondary N) is 1. The Hall–Kier alpha value is -0.570. The molecule has 0 aliphatic rings. The molecule has 0 spiro atoms. The molecule has 0 aromatic carbocycles. The zero-order valence-electron chi connectivity index (χ0n) is 6.92. The Bertz CT molecular complexity index is 89.6. The monoisotopic (exact) mass is 144 g/mol. The third-order valence-electron chi connectivity index (χ3n) is 1.20. The number of ether oxygens (including phenoxy) is 1. The molecule has 0 aromatic rings. The van der Waals surface area contributed by atoms with Crippen molar-refractivity contribution >= 4 is 6.21 Å². The highest BCUT2D eigenvalue weighted by Gasteiger charge is 1.96. The van der Waals surface area contributed by atoms with Crippen LogP contribution in [0, 0.1) is 0 Å². The summed E-state index contributed by atoms with van der Waals surface area (Å²) in [5.41, 5.74) is 2.84. The fraction of sp³-hybridized carbons (Fsp3) is 0.857. The molecule has 1 N–H and O–H groups in total. The van der Waals surface area contributed by atoms with E-state index in [1.54, 1.807) is 13.3 Å². The van der Waals surface area contributed by atoms with Gasteiger partial charge in [-0.25, -0.2) is 0 Å². The van der Waals surface area contributed by atoms with E-state index in [1.165, 1.54) is 0 Å². The minimum Gasteiger partial charge on any atom is -0.376 e. The largest absolute Gasteiger partial charge is 0.376 e. The molecule has 0 saturated carbocycles. The maximum absolute atomic E-state index is 5.06. The van der Waals surface area contributed by atoms with E-state index < -0.39 is 0 Å². The van der Waals surface area contributed by atoms with Crippen molar-refractivity contribution in [3.8, 4) is 0 Å². The second kappa shape index (κ2) is 6.55. The van der Waals surface area contributed by atoms with Gasteiger partial charge >= 0.3 is 0 Å². The first-order valence-corrected chi connectivity index (χ1v) is 3.64. The first kappa shape index (κ1) is 9.43.